The number of hydrogen-bond acceptors (Lipinski definition) is 4. The van der Waals surface area contributed by atoms with Gasteiger partial charge in [-0.3, -0.25) is 0 Å². The lowest BCUT2D eigenvalue weighted by Gasteiger charge is -2.37. The molecule has 0 aromatic rings. The van der Waals surface area contributed by atoms with Gasteiger partial charge in [-0.15, -0.1) is 0 Å². The number of nitrogens with zero attached hydrogens (tertiary/aromatic N) is 2. The van der Waals surface area contributed by atoms with Crippen molar-refractivity contribution in [2.24, 2.45) is 11.7 Å². The molecule has 2 aliphatic rings. The van der Waals surface area contributed by atoms with Gasteiger partial charge >= 0.3 is 0 Å². The maximum atomic E-state index is 12.6. The molecular weight excluding hydrogens is 266 g/mol. The van der Waals surface area contributed by atoms with Crippen molar-refractivity contribution >= 4 is 10.2 Å². The van der Waals surface area contributed by atoms with Gasteiger partial charge in [-0.2, -0.15) is 17.0 Å². The molecule has 6 nitrogen and oxygen atoms in total. The second-order valence-corrected chi connectivity index (χ2v) is 7.37. The molecule has 1 atom stereocenters. The topological polar surface area (TPSA) is 75.9 Å². The normalized spacial score (nSPS) is 28.6. The monoisotopic (exact) mass is 291 g/mol. The van der Waals surface area contributed by atoms with Gasteiger partial charge in [-0.05, 0) is 38.1 Å². The Balaban J connectivity index is 1.98. The van der Waals surface area contributed by atoms with E-state index in [1.807, 2.05) is 0 Å². The zero-order chi connectivity index (χ0) is 13.9. The number of piperidine rings is 2. The molecule has 0 aliphatic carbocycles. The highest BCUT2D eigenvalue weighted by Crippen LogP contribution is 2.23. The minimum absolute atomic E-state index is 0.199. The van der Waals surface area contributed by atoms with E-state index in [1.165, 1.54) is 0 Å². The Hall–Kier alpha value is -0.210. The van der Waals surface area contributed by atoms with E-state index in [9.17, 15) is 8.42 Å². The molecule has 0 bridgehead atoms. The number of rotatable bonds is 4. The van der Waals surface area contributed by atoms with Gasteiger partial charge in [0.2, 0.25) is 0 Å². The van der Waals surface area contributed by atoms with E-state index in [1.54, 1.807) is 15.7 Å². The summed E-state index contributed by atoms with van der Waals surface area (Å²) in [5.74, 6) is 0.306. The highest BCUT2D eigenvalue weighted by atomic mass is 32.2. The van der Waals surface area contributed by atoms with Crippen molar-refractivity contribution in [2.45, 2.75) is 31.8 Å². The molecule has 2 N–H and O–H groups in total. The van der Waals surface area contributed by atoms with Crippen LogP contribution in [0, 0.1) is 5.92 Å². The van der Waals surface area contributed by atoms with Crippen molar-refractivity contribution in [1.82, 2.24) is 8.61 Å². The van der Waals surface area contributed by atoms with E-state index < -0.39 is 10.2 Å². The fourth-order valence-corrected chi connectivity index (χ4v) is 4.65. The largest absolute Gasteiger partial charge is 0.381 e. The molecule has 2 saturated heterocycles. The fraction of sp³-hybridized carbons (Fsp3) is 1.00. The van der Waals surface area contributed by atoms with Gasteiger partial charge in [-0.25, -0.2) is 0 Å². The Morgan fingerprint density at radius 1 is 1.16 bits per heavy atom. The Labute approximate surface area is 116 Å². The van der Waals surface area contributed by atoms with E-state index in [0.29, 0.717) is 38.6 Å². The lowest BCUT2D eigenvalue weighted by molar-refractivity contribution is 0.0586. The molecule has 112 valence electrons. The second kappa shape index (κ2) is 6.49. The standard InChI is InChI=1S/C12H25N3O3S/c1-18-12-4-7-14(8-5-12)19(16,17)15-6-2-3-11(9-13)10-15/h11-12H,2-10,13H2,1H3. The van der Waals surface area contributed by atoms with Crippen LogP contribution in [0.1, 0.15) is 25.7 Å². The molecule has 0 aromatic heterocycles. The van der Waals surface area contributed by atoms with Crippen LogP contribution in [0.25, 0.3) is 0 Å². The van der Waals surface area contributed by atoms with E-state index >= 15 is 0 Å². The molecule has 19 heavy (non-hydrogen) atoms. The quantitative estimate of drug-likeness (QED) is 0.792. The third kappa shape index (κ3) is 3.46. The zero-order valence-corrected chi connectivity index (χ0v) is 12.4. The minimum Gasteiger partial charge on any atom is -0.381 e. The summed E-state index contributed by atoms with van der Waals surface area (Å²) >= 11 is 0. The van der Waals surface area contributed by atoms with Crippen molar-refractivity contribution in [2.75, 3.05) is 39.8 Å². The van der Waals surface area contributed by atoms with Gasteiger partial charge in [0.05, 0.1) is 6.10 Å². The van der Waals surface area contributed by atoms with Gasteiger partial charge in [-0.1, -0.05) is 0 Å². The van der Waals surface area contributed by atoms with Crippen LogP contribution in [0.2, 0.25) is 0 Å². The second-order valence-electron chi connectivity index (χ2n) is 5.44. The lowest BCUT2D eigenvalue weighted by Crippen LogP contribution is -2.51. The number of nitrogens with two attached hydrogens (primary N) is 1. The average molecular weight is 291 g/mol. The van der Waals surface area contributed by atoms with E-state index in [0.717, 1.165) is 25.7 Å². The smallest absolute Gasteiger partial charge is 0.281 e. The van der Waals surface area contributed by atoms with Crippen molar-refractivity contribution in [3.63, 3.8) is 0 Å². The first-order valence-corrected chi connectivity index (χ1v) is 8.45. The third-order valence-corrected chi connectivity index (χ3v) is 6.20. The van der Waals surface area contributed by atoms with Crippen LogP contribution in [0.4, 0.5) is 0 Å². The molecule has 0 radical (unpaired) electrons. The van der Waals surface area contributed by atoms with Gasteiger partial charge in [0.25, 0.3) is 10.2 Å². The summed E-state index contributed by atoms with van der Waals surface area (Å²) in [4.78, 5) is 0. The average Bonchev–Trinajstić information content (AvgIpc) is 2.47. The molecule has 0 amide bonds. The third-order valence-electron chi connectivity index (χ3n) is 4.20. The molecule has 0 saturated carbocycles. The lowest BCUT2D eigenvalue weighted by atomic mass is 10.0. The summed E-state index contributed by atoms with van der Waals surface area (Å²) in [5.41, 5.74) is 5.67. The highest BCUT2D eigenvalue weighted by Gasteiger charge is 2.35. The predicted octanol–water partition coefficient (Wildman–Crippen LogP) is 0.0127. The Morgan fingerprint density at radius 3 is 2.42 bits per heavy atom. The van der Waals surface area contributed by atoms with Crippen molar-refractivity contribution in [3.8, 4) is 0 Å². The van der Waals surface area contributed by atoms with E-state index in [4.69, 9.17) is 10.5 Å². The Kier molecular flexibility index (Phi) is 5.19. The van der Waals surface area contributed by atoms with Gasteiger partial charge in [0.1, 0.15) is 0 Å². The van der Waals surface area contributed by atoms with Crippen LogP contribution in [-0.4, -0.2) is 63.0 Å². The SMILES string of the molecule is COC1CCN(S(=O)(=O)N2CCCC(CN)C2)CC1. The molecule has 2 aliphatic heterocycles. The van der Waals surface area contributed by atoms with Crippen molar-refractivity contribution in [1.29, 1.82) is 0 Å². The number of hydrogen-bond donors (Lipinski definition) is 1. The summed E-state index contributed by atoms with van der Waals surface area (Å²) in [5, 5.41) is 0. The predicted molar refractivity (Wildman–Crippen MR) is 73.9 cm³/mol. The van der Waals surface area contributed by atoms with Gasteiger partial charge < -0.3 is 10.5 Å². The fourth-order valence-electron chi connectivity index (χ4n) is 2.89. The molecule has 2 heterocycles. The van der Waals surface area contributed by atoms with Gasteiger partial charge in [0.15, 0.2) is 0 Å². The molecule has 2 rings (SSSR count). The van der Waals surface area contributed by atoms with Crippen LogP contribution in [0.3, 0.4) is 0 Å². The Morgan fingerprint density at radius 2 is 1.84 bits per heavy atom. The minimum atomic E-state index is -3.30. The first-order chi connectivity index (χ1) is 9.07. The maximum absolute atomic E-state index is 12.6. The maximum Gasteiger partial charge on any atom is 0.281 e. The zero-order valence-electron chi connectivity index (χ0n) is 11.6. The summed E-state index contributed by atoms with van der Waals surface area (Å²) in [6.45, 7) is 2.89. The van der Waals surface area contributed by atoms with E-state index in [2.05, 4.69) is 0 Å². The number of ether oxygens (including phenoxy) is 1. The Bertz CT molecular complexity index is 380. The molecule has 2 fully saturated rings. The van der Waals surface area contributed by atoms with Crippen LogP contribution in [0.15, 0.2) is 0 Å². The molecule has 0 aromatic carbocycles. The van der Waals surface area contributed by atoms with Crippen LogP contribution >= 0.6 is 0 Å². The van der Waals surface area contributed by atoms with Crippen LogP contribution in [-0.2, 0) is 14.9 Å². The highest BCUT2D eigenvalue weighted by molar-refractivity contribution is 7.86. The van der Waals surface area contributed by atoms with E-state index in [-0.39, 0.29) is 6.10 Å². The summed E-state index contributed by atoms with van der Waals surface area (Å²) in [7, 11) is -1.62. The van der Waals surface area contributed by atoms with Gasteiger partial charge in [0, 0.05) is 33.3 Å². The molecule has 1 unspecified atom stereocenters. The first-order valence-electron chi connectivity index (χ1n) is 7.06. The van der Waals surface area contributed by atoms with Crippen LogP contribution in [0.5, 0.6) is 0 Å². The molecular formula is C12H25N3O3S. The van der Waals surface area contributed by atoms with Crippen molar-refractivity contribution < 1.29 is 13.2 Å². The van der Waals surface area contributed by atoms with Crippen molar-refractivity contribution in [3.05, 3.63) is 0 Å². The summed E-state index contributed by atoms with van der Waals surface area (Å²) in [6, 6.07) is 0. The summed E-state index contributed by atoms with van der Waals surface area (Å²) in [6.07, 6.45) is 3.71. The molecule has 7 heteroatoms. The molecule has 0 spiro atoms. The van der Waals surface area contributed by atoms with Crippen LogP contribution < -0.4 is 5.73 Å². The first kappa shape index (κ1) is 15.2. The number of methoxy groups -OCH3 is 1. The summed E-state index contributed by atoms with van der Waals surface area (Å²) < 4.78 is 33.6.